The fourth-order valence-corrected chi connectivity index (χ4v) is 4.35. The molecule has 0 radical (unpaired) electrons. The van der Waals surface area contributed by atoms with Crippen LogP contribution < -0.4 is 19.5 Å². The van der Waals surface area contributed by atoms with Crippen LogP contribution in [0.1, 0.15) is 0 Å². The first-order chi connectivity index (χ1) is 15.2. The number of hydrogen-bond donors (Lipinski definition) is 2. The maximum atomic E-state index is 12.6. The van der Waals surface area contributed by atoms with Gasteiger partial charge in [-0.25, -0.2) is 8.42 Å². The zero-order valence-electron chi connectivity index (χ0n) is 16.6. The number of benzene rings is 3. The van der Waals surface area contributed by atoms with Crippen LogP contribution in [0.2, 0.25) is 15.1 Å². The van der Waals surface area contributed by atoms with Crippen LogP contribution in [-0.2, 0) is 14.8 Å². The lowest BCUT2D eigenvalue weighted by molar-refractivity contribution is -0.118. The minimum atomic E-state index is -3.88. The monoisotopic (exact) mass is 514 g/mol. The average Bonchev–Trinajstić information content (AvgIpc) is 2.74. The summed E-state index contributed by atoms with van der Waals surface area (Å²) >= 11 is 18.0. The van der Waals surface area contributed by atoms with Crippen LogP contribution in [0.4, 0.5) is 11.4 Å². The average molecular weight is 516 g/mol. The number of rotatable bonds is 8. The Morgan fingerprint density at radius 3 is 2.12 bits per heavy atom. The fraction of sp³-hybridized carbons (Fsp3) is 0.0952. The lowest BCUT2D eigenvalue weighted by atomic mass is 10.3. The van der Waals surface area contributed by atoms with Crippen LogP contribution in [0.25, 0.3) is 0 Å². The smallest absolute Gasteiger partial charge is 0.262 e. The summed E-state index contributed by atoms with van der Waals surface area (Å²) in [6.45, 7) is -0.349. The Balaban J connectivity index is 1.63. The number of carbonyl (C=O) groups excluding carboxylic acids is 1. The summed E-state index contributed by atoms with van der Waals surface area (Å²) in [7, 11) is -2.39. The maximum Gasteiger partial charge on any atom is 0.262 e. The predicted molar refractivity (Wildman–Crippen MR) is 126 cm³/mol. The second kappa shape index (κ2) is 10.3. The first-order valence-corrected chi connectivity index (χ1v) is 11.6. The summed E-state index contributed by atoms with van der Waals surface area (Å²) in [4.78, 5) is 12.1. The maximum absolute atomic E-state index is 12.6. The Morgan fingerprint density at radius 2 is 1.50 bits per heavy atom. The quantitative estimate of drug-likeness (QED) is 0.415. The van der Waals surface area contributed by atoms with Crippen molar-refractivity contribution >= 4 is 62.1 Å². The number of carbonyl (C=O) groups is 1. The van der Waals surface area contributed by atoms with Gasteiger partial charge in [0.2, 0.25) is 0 Å². The number of anilines is 2. The van der Waals surface area contributed by atoms with Crippen LogP contribution >= 0.6 is 34.8 Å². The standard InChI is InChI=1S/C21H17Cl3N2O5S/c1-30-19-8-6-15(10-17(19)23)25-21(27)12-31-20-9-7-16(11-18(20)24)32(28,29)26-14-4-2-13(22)3-5-14/h2-11,26H,12H2,1H3,(H,25,27). The number of sulfonamides is 1. The molecule has 1 amide bonds. The van der Waals surface area contributed by atoms with Crippen LogP contribution in [0.15, 0.2) is 65.6 Å². The zero-order valence-corrected chi connectivity index (χ0v) is 19.6. The third-order valence-electron chi connectivity index (χ3n) is 4.10. The SMILES string of the molecule is COc1ccc(NC(=O)COc2ccc(S(=O)(=O)Nc3ccc(Cl)cc3)cc2Cl)cc1Cl. The van der Waals surface area contributed by atoms with E-state index < -0.39 is 15.9 Å². The highest BCUT2D eigenvalue weighted by molar-refractivity contribution is 7.92. The highest BCUT2D eigenvalue weighted by Crippen LogP contribution is 2.29. The molecule has 0 spiro atoms. The predicted octanol–water partition coefficient (Wildman–Crippen LogP) is 5.47. The van der Waals surface area contributed by atoms with Gasteiger partial charge in [-0.3, -0.25) is 9.52 Å². The summed E-state index contributed by atoms with van der Waals surface area (Å²) in [5.41, 5.74) is 0.811. The molecule has 2 N–H and O–H groups in total. The topological polar surface area (TPSA) is 93.7 Å². The van der Waals surface area contributed by atoms with Crippen LogP contribution in [0.3, 0.4) is 0 Å². The third-order valence-corrected chi connectivity index (χ3v) is 6.33. The summed E-state index contributed by atoms with van der Waals surface area (Å²) in [6.07, 6.45) is 0. The second-order valence-corrected chi connectivity index (χ2v) is 9.32. The molecule has 0 aromatic heterocycles. The molecule has 0 fully saturated rings. The molecule has 0 saturated heterocycles. The number of ether oxygens (including phenoxy) is 2. The molecular weight excluding hydrogens is 499 g/mol. The van der Waals surface area contributed by atoms with Gasteiger partial charge in [-0.1, -0.05) is 34.8 Å². The number of hydrogen-bond acceptors (Lipinski definition) is 5. The van der Waals surface area contributed by atoms with Gasteiger partial charge >= 0.3 is 0 Å². The van der Waals surface area contributed by atoms with Crippen molar-refractivity contribution in [1.82, 2.24) is 0 Å². The molecule has 0 unspecified atom stereocenters. The van der Waals surface area contributed by atoms with Crippen molar-refractivity contribution in [3.63, 3.8) is 0 Å². The molecule has 168 valence electrons. The number of nitrogens with one attached hydrogen (secondary N) is 2. The van der Waals surface area contributed by atoms with E-state index in [1.807, 2.05) is 0 Å². The van der Waals surface area contributed by atoms with Gasteiger partial charge in [0.05, 0.1) is 22.1 Å². The Morgan fingerprint density at radius 1 is 0.875 bits per heavy atom. The Kier molecular flexibility index (Phi) is 7.73. The molecule has 0 atom stereocenters. The molecule has 0 heterocycles. The second-order valence-electron chi connectivity index (χ2n) is 6.39. The molecule has 3 aromatic carbocycles. The van der Waals surface area contributed by atoms with Crippen LogP contribution in [0, 0.1) is 0 Å². The van der Waals surface area contributed by atoms with Gasteiger partial charge in [-0.15, -0.1) is 0 Å². The van der Waals surface area contributed by atoms with E-state index in [0.29, 0.717) is 27.2 Å². The van der Waals surface area contributed by atoms with E-state index in [9.17, 15) is 13.2 Å². The van der Waals surface area contributed by atoms with Gasteiger partial charge in [-0.05, 0) is 60.7 Å². The van der Waals surface area contributed by atoms with E-state index in [4.69, 9.17) is 44.3 Å². The minimum Gasteiger partial charge on any atom is -0.495 e. The van der Waals surface area contributed by atoms with Crippen LogP contribution in [-0.4, -0.2) is 28.0 Å². The highest BCUT2D eigenvalue weighted by Gasteiger charge is 2.17. The Bertz CT molecular complexity index is 1230. The normalized spacial score (nSPS) is 11.0. The summed E-state index contributed by atoms with van der Waals surface area (Å²) in [5, 5.41) is 3.49. The zero-order chi connectivity index (χ0) is 23.3. The number of amides is 1. The molecule has 0 aliphatic carbocycles. The first kappa shape index (κ1) is 24.0. The van der Waals surface area contributed by atoms with Crippen molar-refractivity contribution in [2.24, 2.45) is 0 Å². The van der Waals surface area contributed by atoms with Crippen molar-refractivity contribution in [3.05, 3.63) is 75.7 Å². The lowest BCUT2D eigenvalue weighted by Gasteiger charge is -2.12. The minimum absolute atomic E-state index is 0.0317. The molecule has 3 rings (SSSR count). The molecule has 7 nitrogen and oxygen atoms in total. The van der Waals surface area contributed by atoms with Crippen molar-refractivity contribution < 1.29 is 22.7 Å². The summed E-state index contributed by atoms with van der Waals surface area (Å²) < 4.78 is 38.0. The van der Waals surface area contributed by atoms with Gasteiger partial charge < -0.3 is 14.8 Å². The van der Waals surface area contributed by atoms with E-state index in [1.54, 1.807) is 30.3 Å². The molecule has 32 heavy (non-hydrogen) atoms. The third kappa shape index (κ3) is 6.20. The van der Waals surface area contributed by atoms with Gasteiger partial charge in [0.15, 0.2) is 6.61 Å². The van der Waals surface area contributed by atoms with Crippen molar-refractivity contribution in [2.75, 3.05) is 23.8 Å². The molecule has 0 bridgehead atoms. The Labute approximate surface area is 200 Å². The first-order valence-electron chi connectivity index (χ1n) is 9.02. The van der Waals surface area contributed by atoms with Gasteiger partial charge in [-0.2, -0.15) is 0 Å². The number of methoxy groups -OCH3 is 1. The molecular formula is C21H17Cl3N2O5S. The van der Waals surface area contributed by atoms with E-state index in [2.05, 4.69) is 10.0 Å². The number of halogens is 3. The van der Waals surface area contributed by atoms with Gasteiger partial charge in [0.1, 0.15) is 11.5 Å². The molecule has 0 saturated carbocycles. The summed E-state index contributed by atoms with van der Waals surface area (Å²) in [6, 6.07) is 14.9. The van der Waals surface area contributed by atoms with Gasteiger partial charge in [0, 0.05) is 16.4 Å². The van der Waals surface area contributed by atoms with Crippen molar-refractivity contribution in [2.45, 2.75) is 4.90 Å². The highest BCUT2D eigenvalue weighted by atomic mass is 35.5. The largest absolute Gasteiger partial charge is 0.495 e. The van der Waals surface area contributed by atoms with E-state index in [-0.39, 0.29) is 22.3 Å². The molecule has 0 aliphatic heterocycles. The van der Waals surface area contributed by atoms with Crippen LogP contribution in [0.5, 0.6) is 11.5 Å². The van der Waals surface area contributed by atoms with Crippen molar-refractivity contribution in [1.29, 1.82) is 0 Å². The summed E-state index contributed by atoms with van der Waals surface area (Å²) in [5.74, 6) is 0.178. The van der Waals surface area contributed by atoms with E-state index in [1.165, 1.54) is 37.4 Å². The Hall–Kier alpha value is -2.65. The lowest BCUT2D eigenvalue weighted by Crippen LogP contribution is -2.20. The van der Waals surface area contributed by atoms with E-state index in [0.717, 1.165) is 0 Å². The fourth-order valence-electron chi connectivity index (χ4n) is 2.58. The van der Waals surface area contributed by atoms with Gasteiger partial charge in [0.25, 0.3) is 15.9 Å². The molecule has 3 aromatic rings. The molecule has 11 heteroatoms. The molecule has 0 aliphatic rings. The van der Waals surface area contributed by atoms with E-state index >= 15 is 0 Å². The van der Waals surface area contributed by atoms with Crippen molar-refractivity contribution in [3.8, 4) is 11.5 Å².